The number of hydrogen-bond acceptors (Lipinski definition) is 7. The second kappa shape index (κ2) is 8.19. The number of amides is 1. The first-order valence-corrected chi connectivity index (χ1v) is 7.84. The highest BCUT2D eigenvalue weighted by Crippen LogP contribution is 2.29. The fourth-order valence-corrected chi connectivity index (χ4v) is 2.52. The van der Waals surface area contributed by atoms with Gasteiger partial charge in [-0.2, -0.15) is 0 Å². The van der Waals surface area contributed by atoms with E-state index in [9.17, 15) is 25.0 Å². The number of carbonyl (C=O) groups is 1. The summed E-state index contributed by atoms with van der Waals surface area (Å²) in [4.78, 5) is 33.1. The van der Waals surface area contributed by atoms with Crippen LogP contribution in [0.2, 0.25) is 0 Å². The van der Waals surface area contributed by atoms with E-state index in [1.807, 2.05) is 0 Å². The van der Waals surface area contributed by atoms with Crippen molar-refractivity contribution >= 4 is 40.3 Å². The van der Waals surface area contributed by atoms with Gasteiger partial charge < -0.3 is 10.1 Å². The summed E-state index contributed by atoms with van der Waals surface area (Å²) in [6, 6.07) is 8.19. The normalized spacial score (nSPS) is 10.0. The molecule has 0 unspecified atom stereocenters. The standard InChI is InChI=1S/C16H14N4O6S/c1-9-11(4-3-5-12(9)19(22)23)15(21)18-16(27)17-10-6-7-14(26-2)13(8-10)20(24)25/h3-8H,1-2H3,(H2,17,18,21,27). The molecule has 10 nitrogen and oxygen atoms in total. The zero-order chi connectivity index (χ0) is 20.1. The van der Waals surface area contributed by atoms with Crippen LogP contribution in [0, 0.1) is 27.2 Å². The van der Waals surface area contributed by atoms with Gasteiger partial charge in [0, 0.05) is 28.9 Å². The lowest BCUT2D eigenvalue weighted by atomic mass is 10.1. The van der Waals surface area contributed by atoms with Gasteiger partial charge in [-0.05, 0) is 37.3 Å². The number of anilines is 1. The van der Waals surface area contributed by atoms with Gasteiger partial charge in [0.15, 0.2) is 10.9 Å². The summed E-state index contributed by atoms with van der Waals surface area (Å²) in [5.74, 6) is -0.565. The van der Waals surface area contributed by atoms with Gasteiger partial charge in [-0.3, -0.25) is 30.3 Å². The maximum Gasteiger partial charge on any atom is 0.312 e. The number of thiocarbonyl (C=S) groups is 1. The van der Waals surface area contributed by atoms with Crippen LogP contribution in [0.25, 0.3) is 0 Å². The summed E-state index contributed by atoms with van der Waals surface area (Å²) >= 11 is 5.03. The third kappa shape index (κ3) is 4.52. The lowest BCUT2D eigenvalue weighted by molar-refractivity contribution is -0.385. The molecule has 0 aromatic heterocycles. The summed E-state index contributed by atoms with van der Waals surface area (Å²) < 4.78 is 4.91. The number of carbonyl (C=O) groups excluding carboxylic acids is 1. The smallest absolute Gasteiger partial charge is 0.312 e. The first kappa shape index (κ1) is 19.7. The molecule has 2 rings (SSSR count). The third-order valence-electron chi connectivity index (χ3n) is 3.61. The molecule has 27 heavy (non-hydrogen) atoms. The zero-order valence-electron chi connectivity index (χ0n) is 14.2. The molecule has 1 amide bonds. The van der Waals surface area contributed by atoms with Gasteiger partial charge in [-0.1, -0.05) is 6.07 Å². The summed E-state index contributed by atoms with van der Waals surface area (Å²) in [7, 11) is 1.31. The van der Waals surface area contributed by atoms with E-state index in [1.54, 1.807) is 0 Å². The maximum absolute atomic E-state index is 12.3. The van der Waals surface area contributed by atoms with E-state index in [0.717, 1.165) is 0 Å². The number of hydrogen-bond donors (Lipinski definition) is 2. The van der Waals surface area contributed by atoms with Crippen molar-refractivity contribution in [2.75, 3.05) is 12.4 Å². The number of methoxy groups -OCH3 is 1. The average Bonchev–Trinajstić information content (AvgIpc) is 2.61. The minimum absolute atomic E-state index is 0.0766. The predicted molar refractivity (Wildman–Crippen MR) is 101 cm³/mol. The van der Waals surface area contributed by atoms with Crippen LogP contribution in [0.15, 0.2) is 36.4 Å². The Bertz CT molecular complexity index is 947. The molecular weight excluding hydrogens is 376 g/mol. The van der Waals surface area contributed by atoms with E-state index in [4.69, 9.17) is 17.0 Å². The summed E-state index contributed by atoms with van der Waals surface area (Å²) in [5.41, 5.74) is 0.0963. The van der Waals surface area contributed by atoms with Crippen molar-refractivity contribution in [2.24, 2.45) is 0 Å². The van der Waals surface area contributed by atoms with Gasteiger partial charge in [0.2, 0.25) is 0 Å². The molecule has 0 aliphatic heterocycles. The summed E-state index contributed by atoms with van der Waals surface area (Å²) in [5, 5.41) is 26.9. The van der Waals surface area contributed by atoms with Gasteiger partial charge in [0.25, 0.3) is 11.6 Å². The SMILES string of the molecule is COc1ccc(NC(=S)NC(=O)c2cccc([N+](=O)[O-])c2C)cc1[N+](=O)[O-]. The van der Waals surface area contributed by atoms with Gasteiger partial charge >= 0.3 is 5.69 Å². The van der Waals surface area contributed by atoms with E-state index in [2.05, 4.69) is 10.6 Å². The number of nitrogens with zero attached hydrogens (tertiary/aromatic N) is 2. The molecule has 0 spiro atoms. The molecule has 140 valence electrons. The number of ether oxygens (including phenoxy) is 1. The maximum atomic E-state index is 12.3. The molecule has 0 atom stereocenters. The lowest BCUT2D eigenvalue weighted by Crippen LogP contribution is -2.34. The van der Waals surface area contributed by atoms with Gasteiger partial charge in [-0.15, -0.1) is 0 Å². The number of rotatable bonds is 5. The van der Waals surface area contributed by atoms with Crippen LogP contribution in [-0.2, 0) is 0 Å². The molecule has 0 fully saturated rings. The lowest BCUT2D eigenvalue weighted by Gasteiger charge is -2.11. The second-order valence-electron chi connectivity index (χ2n) is 5.26. The first-order valence-electron chi connectivity index (χ1n) is 7.43. The van der Waals surface area contributed by atoms with Crippen molar-refractivity contribution in [2.45, 2.75) is 6.92 Å². The fraction of sp³-hybridized carbons (Fsp3) is 0.125. The Labute approximate surface area is 158 Å². The molecular formula is C16H14N4O6S. The van der Waals surface area contributed by atoms with Gasteiger partial charge in [0.05, 0.1) is 17.0 Å². The van der Waals surface area contributed by atoms with Crippen LogP contribution in [0.4, 0.5) is 17.1 Å². The highest BCUT2D eigenvalue weighted by molar-refractivity contribution is 7.80. The fourth-order valence-electron chi connectivity index (χ4n) is 2.31. The Balaban J connectivity index is 2.16. The Morgan fingerprint density at radius 3 is 2.37 bits per heavy atom. The molecule has 0 radical (unpaired) electrons. The van der Waals surface area contributed by atoms with Crippen molar-refractivity contribution in [3.05, 3.63) is 67.8 Å². The number of benzene rings is 2. The molecule has 0 heterocycles. The molecule has 0 saturated heterocycles. The van der Waals surface area contributed by atoms with E-state index >= 15 is 0 Å². The topological polar surface area (TPSA) is 137 Å². The molecule has 2 aromatic rings. The van der Waals surface area contributed by atoms with E-state index < -0.39 is 15.8 Å². The molecule has 0 aliphatic rings. The Hall–Kier alpha value is -3.60. The van der Waals surface area contributed by atoms with Crippen LogP contribution < -0.4 is 15.4 Å². The molecule has 11 heteroatoms. The number of nitrogens with one attached hydrogen (secondary N) is 2. The monoisotopic (exact) mass is 390 g/mol. The van der Waals surface area contributed by atoms with Crippen LogP contribution in [0.3, 0.4) is 0 Å². The van der Waals surface area contributed by atoms with Crippen molar-refractivity contribution < 1.29 is 19.4 Å². The van der Waals surface area contributed by atoms with Crippen molar-refractivity contribution in [3.63, 3.8) is 0 Å². The predicted octanol–water partition coefficient (Wildman–Crippen LogP) is 2.95. The highest BCUT2D eigenvalue weighted by atomic mass is 32.1. The molecule has 0 aliphatic carbocycles. The van der Waals surface area contributed by atoms with Crippen LogP contribution >= 0.6 is 12.2 Å². The molecule has 0 saturated carbocycles. The Kier molecular flexibility index (Phi) is 5.98. The van der Waals surface area contributed by atoms with Crippen LogP contribution in [0.1, 0.15) is 15.9 Å². The summed E-state index contributed by atoms with van der Waals surface area (Å²) in [6.45, 7) is 1.45. The molecule has 2 aromatic carbocycles. The number of nitro benzene ring substituents is 2. The average molecular weight is 390 g/mol. The minimum Gasteiger partial charge on any atom is -0.490 e. The highest BCUT2D eigenvalue weighted by Gasteiger charge is 2.19. The third-order valence-corrected chi connectivity index (χ3v) is 3.81. The largest absolute Gasteiger partial charge is 0.490 e. The van der Waals surface area contributed by atoms with Crippen LogP contribution in [0.5, 0.6) is 5.75 Å². The second-order valence-corrected chi connectivity index (χ2v) is 5.67. The van der Waals surface area contributed by atoms with Crippen molar-refractivity contribution in [1.29, 1.82) is 0 Å². The van der Waals surface area contributed by atoms with E-state index in [-0.39, 0.29) is 39.1 Å². The molecule has 2 N–H and O–H groups in total. The van der Waals surface area contributed by atoms with Crippen molar-refractivity contribution in [1.82, 2.24) is 5.32 Å². The van der Waals surface area contributed by atoms with Gasteiger partial charge in [0.1, 0.15) is 0 Å². The quantitative estimate of drug-likeness (QED) is 0.452. The zero-order valence-corrected chi connectivity index (χ0v) is 15.0. The molecule has 0 bridgehead atoms. The van der Waals surface area contributed by atoms with E-state index in [1.165, 1.54) is 50.4 Å². The Morgan fingerprint density at radius 2 is 1.78 bits per heavy atom. The summed E-state index contributed by atoms with van der Waals surface area (Å²) in [6.07, 6.45) is 0. The first-order chi connectivity index (χ1) is 12.7. The van der Waals surface area contributed by atoms with Crippen LogP contribution in [-0.4, -0.2) is 28.0 Å². The van der Waals surface area contributed by atoms with E-state index in [0.29, 0.717) is 0 Å². The Morgan fingerprint density at radius 1 is 1.11 bits per heavy atom. The minimum atomic E-state index is -0.642. The number of nitro groups is 2. The van der Waals surface area contributed by atoms with Crippen molar-refractivity contribution in [3.8, 4) is 5.75 Å². The van der Waals surface area contributed by atoms with Gasteiger partial charge in [-0.25, -0.2) is 0 Å².